The normalized spacial score (nSPS) is 11.7. The van der Waals surface area contributed by atoms with Crippen LogP contribution >= 0.6 is 0 Å². The van der Waals surface area contributed by atoms with Crippen molar-refractivity contribution in [1.29, 1.82) is 0 Å². The first-order valence-corrected chi connectivity index (χ1v) is 9.18. The topological polar surface area (TPSA) is 96.0 Å². The summed E-state index contributed by atoms with van der Waals surface area (Å²) in [4.78, 5) is 24.0. The number of fused-ring (bicyclic) bond motifs is 1. The molecule has 8 heteroatoms. The monoisotopic (exact) mass is 398 g/mol. The zero-order chi connectivity index (χ0) is 20.3. The summed E-state index contributed by atoms with van der Waals surface area (Å²) >= 11 is -2.73. The van der Waals surface area contributed by atoms with Crippen LogP contribution in [-0.4, -0.2) is 34.9 Å². The first-order chi connectivity index (χ1) is 13.5. The molecule has 0 saturated heterocycles. The Morgan fingerprint density at radius 1 is 0.893 bits per heavy atom. The zero-order valence-corrected chi connectivity index (χ0v) is 15.9. The minimum atomic E-state index is -2.73. The van der Waals surface area contributed by atoms with Crippen molar-refractivity contribution in [1.82, 2.24) is 0 Å². The standard InChI is InChI=1S/C20H17NO6S/c1-26-19(22)14-10-15(20(23)27-2)12-16(11-14)21(28(24)25)18-9-5-7-13-6-3-4-8-17(13)18/h3-12H,1-2H3,(H,24,25)/p-1. The van der Waals surface area contributed by atoms with Crippen molar-refractivity contribution in [3.63, 3.8) is 0 Å². The number of carbonyl (C=O) groups excluding carboxylic acids is 2. The lowest BCUT2D eigenvalue weighted by Gasteiger charge is -2.28. The van der Waals surface area contributed by atoms with E-state index >= 15 is 0 Å². The van der Waals surface area contributed by atoms with E-state index < -0.39 is 23.2 Å². The van der Waals surface area contributed by atoms with Gasteiger partial charge in [0.25, 0.3) is 0 Å². The summed E-state index contributed by atoms with van der Waals surface area (Å²) in [6, 6.07) is 16.5. The lowest BCUT2D eigenvalue weighted by Crippen LogP contribution is -2.21. The molecule has 0 spiro atoms. The molecule has 0 N–H and O–H groups in total. The Morgan fingerprint density at radius 3 is 2.04 bits per heavy atom. The molecule has 3 aromatic rings. The van der Waals surface area contributed by atoms with Gasteiger partial charge in [-0.05, 0) is 29.7 Å². The Hall–Kier alpha value is -3.23. The molecule has 1 unspecified atom stereocenters. The van der Waals surface area contributed by atoms with E-state index in [4.69, 9.17) is 9.47 Å². The number of anilines is 2. The molecule has 3 rings (SSSR count). The Bertz CT molecular complexity index is 1040. The number of benzene rings is 3. The van der Waals surface area contributed by atoms with Crippen LogP contribution in [0.25, 0.3) is 10.8 Å². The van der Waals surface area contributed by atoms with Crippen LogP contribution in [0, 0.1) is 0 Å². The van der Waals surface area contributed by atoms with E-state index in [1.54, 1.807) is 24.3 Å². The van der Waals surface area contributed by atoms with Gasteiger partial charge in [0.15, 0.2) is 0 Å². The van der Waals surface area contributed by atoms with E-state index in [0.717, 1.165) is 9.69 Å². The van der Waals surface area contributed by atoms with Crippen LogP contribution in [0.4, 0.5) is 11.4 Å². The molecule has 1 atom stereocenters. The van der Waals surface area contributed by atoms with Crippen LogP contribution in [0.2, 0.25) is 0 Å². The molecule has 0 aromatic heterocycles. The molecule has 3 aromatic carbocycles. The highest BCUT2D eigenvalue weighted by Gasteiger charge is 2.19. The van der Waals surface area contributed by atoms with Gasteiger partial charge in [0.05, 0.1) is 48.0 Å². The summed E-state index contributed by atoms with van der Waals surface area (Å²) in [5.41, 5.74) is 0.532. The van der Waals surface area contributed by atoms with Gasteiger partial charge in [-0.1, -0.05) is 36.4 Å². The van der Waals surface area contributed by atoms with Gasteiger partial charge >= 0.3 is 11.9 Å². The Morgan fingerprint density at radius 2 is 1.46 bits per heavy atom. The van der Waals surface area contributed by atoms with Crippen molar-refractivity contribution >= 4 is 45.4 Å². The smallest absolute Gasteiger partial charge is 0.337 e. The van der Waals surface area contributed by atoms with Crippen molar-refractivity contribution in [3.8, 4) is 0 Å². The maximum atomic E-state index is 12.1. The molecular weight excluding hydrogens is 382 g/mol. The Labute approximate surface area is 163 Å². The molecule has 0 heterocycles. The molecule has 0 aliphatic heterocycles. The lowest BCUT2D eigenvalue weighted by molar-refractivity contribution is 0.0599. The van der Waals surface area contributed by atoms with Crippen LogP contribution in [0.15, 0.2) is 60.7 Å². The summed E-state index contributed by atoms with van der Waals surface area (Å²) in [5, 5.41) is 1.53. The summed E-state index contributed by atoms with van der Waals surface area (Å²) in [7, 11) is 2.39. The van der Waals surface area contributed by atoms with Crippen LogP contribution < -0.4 is 4.31 Å². The fourth-order valence-electron chi connectivity index (χ4n) is 2.89. The maximum Gasteiger partial charge on any atom is 0.337 e. The first-order valence-electron chi connectivity index (χ1n) is 8.15. The van der Waals surface area contributed by atoms with Gasteiger partial charge in [-0.25, -0.2) is 9.59 Å². The number of esters is 2. The van der Waals surface area contributed by atoms with Crippen LogP contribution in [-0.2, 0) is 20.7 Å². The molecule has 28 heavy (non-hydrogen) atoms. The van der Waals surface area contributed by atoms with E-state index in [1.807, 2.05) is 18.2 Å². The fraction of sp³-hybridized carbons (Fsp3) is 0.100. The average Bonchev–Trinajstić information content (AvgIpc) is 2.72. The molecule has 0 aliphatic rings. The third-order valence-corrected chi connectivity index (χ3v) is 4.83. The van der Waals surface area contributed by atoms with Gasteiger partial charge in [-0.15, -0.1) is 0 Å². The lowest BCUT2D eigenvalue weighted by atomic mass is 10.1. The second-order valence-electron chi connectivity index (χ2n) is 5.76. The number of methoxy groups -OCH3 is 2. The second kappa shape index (κ2) is 8.20. The quantitative estimate of drug-likeness (QED) is 0.483. The van der Waals surface area contributed by atoms with Crippen molar-refractivity contribution in [2.75, 3.05) is 18.5 Å². The van der Waals surface area contributed by atoms with Gasteiger partial charge < -0.3 is 14.0 Å². The summed E-state index contributed by atoms with van der Waals surface area (Å²) < 4.78 is 34.7. The van der Waals surface area contributed by atoms with Gasteiger partial charge in [0, 0.05) is 5.39 Å². The number of ether oxygens (including phenoxy) is 2. The molecule has 7 nitrogen and oxygen atoms in total. The van der Waals surface area contributed by atoms with E-state index in [1.165, 1.54) is 32.4 Å². The highest BCUT2D eigenvalue weighted by molar-refractivity contribution is 7.81. The maximum absolute atomic E-state index is 12.1. The predicted octanol–water partition coefficient (Wildman–Crippen LogP) is 3.35. The van der Waals surface area contributed by atoms with E-state index in [-0.39, 0.29) is 16.8 Å². The number of nitrogens with zero attached hydrogens (tertiary/aromatic N) is 1. The molecular formula is C20H16NO6S-. The number of rotatable bonds is 5. The molecule has 144 valence electrons. The minimum Gasteiger partial charge on any atom is -0.755 e. The molecule has 0 amide bonds. The highest BCUT2D eigenvalue weighted by atomic mass is 32.2. The van der Waals surface area contributed by atoms with Crippen LogP contribution in [0.1, 0.15) is 20.7 Å². The Kier molecular flexibility index (Phi) is 5.72. The largest absolute Gasteiger partial charge is 0.755 e. The third-order valence-electron chi connectivity index (χ3n) is 4.13. The average molecular weight is 398 g/mol. The minimum absolute atomic E-state index is 0.0242. The van der Waals surface area contributed by atoms with Gasteiger partial charge in [0.1, 0.15) is 0 Å². The molecule has 0 saturated carbocycles. The fourth-order valence-corrected chi connectivity index (χ4v) is 3.49. The summed E-state index contributed by atoms with van der Waals surface area (Å²) in [6.45, 7) is 0. The van der Waals surface area contributed by atoms with Crippen molar-refractivity contribution < 1.29 is 27.8 Å². The van der Waals surface area contributed by atoms with Crippen molar-refractivity contribution in [2.24, 2.45) is 0 Å². The van der Waals surface area contributed by atoms with Gasteiger partial charge in [-0.3, -0.25) is 8.51 Å². The van der Waals surface area contributed by atoms with Gasteiger partial charge in [-0.2, -0.15) is 0 Å². The molecule has 0 radical (unpaired) electrons. The van der Waals surface area contributed by atoms with E-state index in [0.29, 0.717) is 11.1 Å². The second-order valence-corrected chi connectivity index (χ2v) is 6.56. The molecule has 0 aliphatic carbocycles. The van der Waals surface area contributed by atoms with Crippen molar-refractivity contribution in [3.05, 3.63) is 71.8 Å². The third kappa shape index (κ3) is 3.73. The van der Waals surface area contributed by atoms with Crippen LogP contribution in [0.5, 0.6) is 0 Å². The Balaban J connectivity index is 2.26. The number of carbonyl (C=O) groups is 2. The van der Waals surface area contributed by atoms with Crippen molar-refractivity contribution in [2.45, 2.75) is 0 Å². The summed E-state index contributed by atoms with van der Waals surface area (Å²) in [6.07, 6.45) is 0. The zero-order valence-electron chi connectivity index (χ0n) is 15.1. The van der Waals surface area contributed by atoms with Gasteiger partial charge in [0.2, 0.25) is 0 Å². The molecule has 0 bridgehead atoms. The first kappa shape index (κ1) is 19.5. The highest BCUT2D eigenvalue weighted by Crippen LogP contribution is 2.34. The van der Waals surface area contributed by atoms with E-state index in [9.17, 15) is 18.4 Å². The summed E-state index contributed by atoms with van der Waals surface area (Å²) in [5.74, 6) is -1.41. The number of hydrogen-bond acceptors (Lipinski definition) is 6. The molecule has 0 fully saturated rings. The van der Waals surface area contributed by atoms with E-state index in [2.05, 4.69) is 0 Å². The number of hydrogen-bond donors (Lipinski definition) is 0. The predicted molar refractivity (Wildman–Crippen MR) is 104 cm³/mol. The SMILES string of the molecule is COC(=O)c1cc(C(=O)OC)cc(N(c2cccc3ccccc23)S(=O)[O-])c1. The van der Waals surface area contributed by atoms with Crippen LogP contribution in [0.3, 0.4) is 0 Å².